The first-order valence-corrected chi connectivity index (χ1v) is 14.8. The molecule has 1 saturated heterocycles. The molecule has 3 amide bonds. The monoisotopic (exact) mass is 566 g/mol. The molecule has 5 rings (SSSR count). The molecule has 0 bridgehead atoms. The molecule has 41 heavy (non-hydrogen) atoms. The number of aliphatic imine (C=N–C) groups is 1. The van der Waals surface area contributed by atoms with E-state index in [-0.39, 0.29) is 17.6 Å². The zero-order valence-corrected chi connectivity index (χ0v) is 24.6. The zero-order valence-electron chi connectivity index (χ0n) is 23.8. The smallest absolute Gasteiger partial charge is 0.336 e. The van der Waals surface area contributed by atoms with Gasteiger partial charge in [-0.25, -0.2) is 14.5 Å². The van der Waals surface area contributed by atoms with Gasteiger partial charge < -0.3 is 5.32 Å². The number of amides is 3. The van der Waals surface area contributed by atoms with Crippen LogP contribution in [0.2, 0.25) is 0 Å². The predicted octanol–water partition coefficient (Wildman–Crippen LogP) is 6.45. The Hall–Kier alpha value is -4.24. The van der Waals surface area contributed by atoms with Gasteiger partial charge in [-0.15, -0.1) is 5.10 Å². The Bertz CT molecular complexity index is 1570. The Labute approximate surface area is 244 Å². The van der Waals surface area contributed by atoms with Crippen molar-refractivity contribution in [3.05, 3.63) is 95.3 Å². The summed E-state index contributed by atoms with van der Waals surface area (Å²) in [4.78, 5) is 35.7. The fourth-order valence-corrected chi connectivity index (χ4v) is 5.53. The first kappa shape index (κ1) is 28.3. The minimum absolute atomic E-state index is 0.0605. The molecule has 0 radical (unpaired) electrons. The number of nitrogens with one attached hydrogen (secondary N) is 1. The van der Waals surface area contributed by atoms with Crippen LogP contribution in [0.25, 0.3) is 17.1 Å². The molecular weight excluding hydrogens is 532 g/mol. The van der Waals surface area contributed by atoms with Gasteiger partial charge in [0.2, 0.25) is 5.91 Å². The molecule has 1 aliphatic heterocycles. The number of hydrogen-bond donors (Lipinski definition) is 1. The summed E-state index contributed by atoms with van der Waals surface area (Å²) in [6.45, 7) is 8.72. The summed E-state index contributed by atoms with van der Waals surface area (Å²) in [5.41, 5.74) is 7.20. The van der Waals surface area contributed by atoms with E-state index in [4.69, 9.17) is 0 Å². The summed E-state index contributed by atoms with van der Waals surface area (Å²) >= 11 is 1.30. The van der Waals surface area contributed by atoms with E-state index >= 15 is 0 Å². The number of rotatable bonds is 8. The maximum Gasteiger partial charge on any atom is 0.343 e. The molecule has 1 fully saturated rings. The van der Waals surface area contributed by atoms with Crippen molar-refractivity contribution >= 4 is 34.6 Å². The van der Waals surface area contributed by atoms with Crippen LogP contribution in [0.5, 0.6) is 0 Å². The van der Waals surface area contributed by atoms with Crippen LogP contribution in [-0.4, -0.2) is 44.2 Å². The summed E-state index contributed by atoms with van der Waals surface area (Å²) in [5, 5.41) is 7.91. The molecular formula is C32H34N6O2S. The van der Waals surface area contributed by atoms with E-state index in [2.05, 4.69) is 65.4 Å². The maximum absolute atomic E-state index is 12.7. The average molecular weight is 567 g/mol. The second kappa shape index (κ2) is 12.5. The standard InChI is InChI=1S/C32H34N6O2S/c1-21(2)27-16-9-23(4)18-28(27)38-29(39)19-41-32(38)35-31(40)33-17-5-6-24-10-12-25(13-11-24)30-34-20-37(36-30)26-14-7-22(3)8-15-26/h7-16,18,20-21H,5-6,17,19H2,1-4H3,(H,33,40). The van der Waals surface area contributed by atoms with Crippen molar-refractivity contribution in [2.45, 2.75) is 46.5 Å². The van der Waals surface area contributed by atoms with Crippen molar-refractivity contribution in [3.8, 4) is 17.1 Å². The molecule has 210 valence electrons. The van der Waals surface area contributed by atoms with Crippen molar-refractivity contribution in [1.29, 1.82) is 0 Å². The number of carbonyl (C=O) groups excluding carboxylic acids is 2. The fourth-order valence-electron chi connectivity index (χ4n) is 4.67. The highest BCUT2D eigenvalue weighted by atomic mass is 32.2. The molecule has 1 aromatic heterocycles. The van der Waals surface area contributed by atoms with Crippen molar-refractivity contribution in [3.63, 3.8) is 0 Å². The summed E-state index contributed by atoms with van der Waals surface area (Å²) < 4.78 is 1.78. The van der Waals surface area contributed by atoms with Gasteiger partial charge in [0.25, 0.3) is 0 Å². The Balaban J connectivity index is 1.15. The summed E-state index contributed by atoms with van der Waals surface area (Å²) in [6.07, 6.45) is 3.30. The van der Waals surface area contributed by atoms with E-state index in [1.807, 2.05) is 49.4 Å². The second-order valence-electron chi connectivity index (χ2n) is 10.5. The molecule has 1 aliphatic rings. The summed E-state index contributed by atoms with van der Waals surface area (Å²) in [5.74, 6) is 1.12. The van der Waals surface area contributed by atoms with E-state index in [1.54, 1.807) is 15.9 Å². The van der Waals surface area contributed by atoms with Crippen molar-refractivity contribution in [2.24, 2.45) is 4.99 Å². The Kier molecular flexibility index (Phi) is 8.64. The second-order valence-corrected chi connectivity index (χ2v) is 11.5. The highest BCUT2D eigenvalue weighted by molar-refractivity contribution is 8.15. The highest BCUT2D eigenvalue weighted by Crippen LogP contribution is 2.34. The molecule has 4 aromatic rings. The number of carbonyl (C=O) groups is 2. The van der Waals surface area contributed by atoms with Gasteiger partial charge in [-0.1, -0.05) is 79.7 Å². The zero-order chi connectivity index (χ0) is 28.9. The minimum Gasteiger partial charge on any atom is -0.336 e. The molecule has 2 heterocycles. The normalized spacial score (nSPS) is 14.3. The third-order valence-corrected chi connectivity index (χ3v) is 7.86. The topological polar surface area (TPSA) is 92.5 Å². The Morgan fingerprint density at radius 3 is 2.49 bits per heavy atom. The van der Waals surface area contributed by atoms with Gasteiger partial charge in [0.1, 0.15) is 6.33 Å². The molecule has 0 spiro atoms. The summed E-state index contributed by atoms with van der Waals surface area (Å²) in [7, 11) is 0. The first-order chi connectivity index (χ1) is 19.8. The number of amidine groups is 1. The molecule has 0 atom stereocenters. The van der Waals surface area contributed by atoms with Crippen LogP contribution in [0.1, 0.15) is 48.4 Å². The number of nitrogens with zero attached hydrogens (tertiary/aromatic N) is 5. The number of thioether (sulfide) groups is 1. The van der Waals surface area contributed by atoms with Gasteiger partial charge in [0, 0.05) is 12.1 Å². The number of anilines is 1. The predicted molar refractivity (Wildman–Crippen MR) is 166 cm³/mol. The lowest BCUT2D eigenvalue weighted by Crippen LogP contribution is -2.32. The largest absolute Gasteiger partial charge is 0.343 e. The van der Waals surface area contributed by atoms with Crippen LogP contribution in [0, 0.1) is 13.8 Å². The Morgan fingerprint density at radius 1 is 1.02 bits per heavy atom. The molecule has 0 saturated carbocycles. The molecule has 9 heteroatoms. The molecule has 8 nitrogen and oxygen atoms in total. The van der Waals surface area contributed by atoms with E-state index in [0.29, 0.717) is 17.5 Å². The SMILES string of the molecule is Cc1ccc(-n2cnc(-c3ccc(CCCNC(=O)N=C4SCC(=O)N4c4cc(C)ccc4C(C)C)cc3)n2)cc1. The lowest BCUT2D eigenvalue weighted by molar-refractivity contribution is -0.115. The first-order valence-electron chi connectivity index (χ1n) is 13.8. The summed E-state index contributed by atoms with van der Waals surface area (Å²) in [6, 6.07) is 22.0. The molecule has 3 aromatic carbocycles. The van der Waals surface area contributed by atoms with Crippen LogP contribution >= 0.6 is 11.8 Å². The highest BCUT2D eigenvalue weighted by Gasteiger charge is 2.32. The van der Waals surface area contributed by atoms with Crippen LogP contribution in [0.15, 0.2) is 78.0 Å². The van der Waals surface area contributed by atoms with Crippen molar-refractivity contribution < 1.29 is 9.59 Å². The molecule has 1 N–H and O–H groups in total. The number of aryl methyl sites for hydroxylation is 3. The third-order valence-electron chi connectivity index (χ3n) is 6.93. The van der Waals surface area contributed by atoms with Crippen LogP contribution in [0.4, 0.5) is 10.5 Å². The van der Waals surface area contributed by atoms with Gasteiger partial charge in [-0.2, -0.15) is 4.99 Å². The van der Waals surface area contributed by atoms with Crippen LogP contribution in [-0.2, 0) is 11.2 Å². The number of aromatic nitrogens is 3. The van der Waals surface area contributed by atoms with E-state index in [0.717, 1.165) is 46.5 Å². The molecule has 0 unspecified atom stereocenters. The maximum atomic E-state index is 12.7. The van der Waals surface area contributed by atoms with Gasteiger partial charge >= 0.3 is 6.03 Å². The molecule has 0 aliphatic carbocycles. The quantitative estimate of drug-likeness (QED) is 0.247. The van der Waals surface area contributed by atoms with E-state index in [9.17, 15) is 9.59 Å². The van der Waals surface area contributed by atoms with Gasteiger partial charge in [-0.05, 0) is 67.5 Å². The lowest BCUT2D eigenvalue weighted by Gasteiger charge is -2.22. The van der Waals surface area contributed by atoms with Gasteiger partial charge in [-0.3, -0.25) is 9.69 Å². The van der Waals surface area contributed by atoms with Crippen LogP contribution < -0.4 is 10.2 Å². The van der Waals surface area contributed by atoms with Crippen LogP contribution in [0.3, 0.4) is 0 Å². The van der Waals surface area contributed by atoms with Crippen molar-refractivity contribution in [2.75, 3.05) is 17.2 Å². The average Bonchev–Trinajstić information content (AvgIpc) is 3.59. The number of urea groups is 1. The number of hydrogen-bond acceptors (Lipinski definition) is 5. The van der Waals surface area contributed by atoms with E-state index in [1.165, 1.54) is 17.3 Å². The van der Waals surface area contributed by atoms with E-state index < -0.39 is 6.03 Å². The lowest BCUT2D eigenvalue weighted by atomic mass is 9.99. The minimum atomic E-state index is -0.434. The third kappa shape index (κ3) is 6.74. The van der Waals surface area contributed by atoms with Crippen molar-refractivity contribution in [1.82, 2.24) is 20.1 Å². The van der Waals surface area contributed by atoms with Gasteiger partial charge in [0.05, 0.1) is 17.1 Å². The fraction of sp³-hybridized carbons (Fsp3) is 0.281. The van der Waals surface area contributed by atoms with Gasteiger partial charge in [0.15, 0.2) is 11.0 Å². The number of benzene rings is 3. The Morgan fingerprint density at radius 2 is 1.76 bits per heavy atom.